The SMILES string of the molecule is CCC(=O)C(C)C(=O)C(C)(C)C. The Balaban J connectivity index is 4.41. The minimum absolute atomic E-state index is 0.0364. The Labute approximate surface area is 74.3 Å². The summed E-state index contributed by atoms with van der Waals surface area (Å²) in [5, 5.41) is 0. The van der Waals surface area contributed by atoms with Crippen LogP contribution in [0.4, 0.5) is 0 Å². The van der Waals surface area contributed by atoms with Crippen LogP contribution in [0.3, 0.4) is 0 Å². The molecule has 1 unspecified atom stereocenters. The fourth-order valence-corrected chi connectivity index (χ4v) is 1.10. The van der Waals surface area contributed by atoms with Crippen molar-refractivity contribution in [3.05, 3.63) is 0 Å². The monoisotopic (exact) mass is 170 g/mol. The number of Topliss-reactive ketones (excluding diaryl/α,β-unsaturated/α-hetero) is 2. The molecule has 0 aliphatic rings. The van der Waals surface area contributed by atoms with Crippen LogP contribution in [-0.4, -0.2) is 11.6 Å². The first-order chi connectivity index (χ1) is 5.30. The lowest BCUT2D eigenvalue weighted by atomic mass is 9.82. The minimum Gasteiger partial charge on any atom is -0.299 e. The van der Waals surface area contributed by atoms with Gasteiger partial charge in [0.2, 0.25) is 0 Å². The lowest BCUT2D eigenvalue weighted by Crippen LogP contribution is -2.31. The van der Waals surface area contributed by atoms with Crippen molar-refractivity contribution >= 4 is 11.6 Å². The first kappa shape index (κ1) is 11.3. The van der Waals surface area contributed by atoms with E-state index in [0.717, 1.165) is 0 Å². The number of carbonyl (C=O) groups is 2. The Morgan fingerprint density at radius 1 is 1.25 bits per heavy atom. The lowest BCUT2D eigenvalue weighted by Gasteiger charge is -2.20. The number of carbonyl (C=O) groups excluding carboxylic acids is 2. The molecule has 0 saturated carbocycles. The van der Waals surface area contributed by atoms with Crippen molar-refractivity contribution in [2.45, 2.75) is 41.0 Å². The predicted octanol–water partition coefficient (Wildman–Crippen LogP) is 2.22. The summed E-state index contributed by atoms with van der Waals surface area (Å²) in [5.74, 6) is -0.362. The van der Waals surface area contributed by atoms with Crippen molar-refractivity contribution in [1.82, 2.24) is 0 Å². The van der Waals surface area contributed by atoms with Crippen LogP contribution in [0.25, 0.3) is 0 Å². The van der Waals surface area contributed by atoms with Crippen LogP contribution < -0.4 is 0 Å². The normalized spacial score (nSPS) is 14.1. The molecule has 0 saturated heterocycles. The average Bonchev–Trinajstić information content (AvgIpc) is 1.98. The molecule has 0 bridgehead atoms. The highest BCUT2D eigenvalue weighted by Gasteiger charge is 2.29. The van der Waals surface area contributed by atoms with Gasteiger partial charge in [-0.25, -0.2) is 0 Å². The van der Waals surface area contributed by atoms with Gasteiger partial charge in [0, 0.05) is 11.8 Å². The Hall–Kier alpha value is -0.660. The van der Waals surface area contributed by atoms with Crippen LogP contribution in [-0.2, 0) is 9.59 Å². The molecule has 12 heavy (non-hydrogen) atoms. The molecule has 0 rings (SSSR count). The fourth-order valence-electron chi connectivity index (χ4n) is 1.10. The maximum absolute atomic E-state index is 11.5. The molecular formula is C10H18O2. The third-order valence-electron chi connectivity index (χ3n) is 1.96. The summed E-state index contributed by atoms with van der Waals surface area (Å²) < 4.78 is 0. The van der Waals surface area contributed by atoms with Gasteiger partial charge in [-0.3, -0.25) is 9.59 Å². The van der Waals surface area contributed by atoms with E-state index in [9.17, 15) is 9.59 Å². The second-order valence-electron chi connectivity index (χ2n) is 4.16. The second kappa shape index (κ2) is 3.83. The van der Waals surface area contributed by atoms with Gasteiger partial charge >= 0.3 is 0 Å². The number of ketones is 2. The van der Waals surface area contributed by atoms with Crippen LogP contribution in [0.1, 0.15) is 41.0 Å². The zero-order valence-corrected chi connectivity index (χ0v) is 8.60. The van der Waals surface area contributed by atoms with E-state index in [4.69, 9.17) is 0 Å². The quantitative estimate of drug-likeness (QED) is 0.608. The van der Waals surface area contributed by atoms with E-state index in [1.165, 1.54) is 0 Å². The molecule has 0 amide bonds. The Kier molecular flexibility index (Phi) is 3.62. The predicted molar refractivity (Wildman–Crippen MR) is 48.9 cm³/mol. The molecule has 2 nitrogen and oxygen atoms in total. The van der Waals surface area contributed by atoms with E-state index >= 15 is 0 Å². The average molecular weight is 170 g/mol. The maximum Gasteiger partial charge on any atom is 0.148 e. The Morgan fingerprint density at radius 3 is 1.92 bits per heavy atom. The van der Waals surface area contributed by atoms with Gasteiger partial charge in [-0.05, 0) is 6.92 Å². The van der Waals surface area contributed by atoms with Crippen molar-refractivity contribution < 1.29 is 9.59 Å². The fraction of sp³-hybridized carbons (Fsp3) is 0.800. The van der Waals surface area contributed by atoms with Crippen LogP contribution in [0.2, 0.25) is 0 Å². The van der Waals surface area contributed by atoms with Crippen LogP contribution in [0.5, 0.6) is 0 Å². The summed E-state index contributed by atoms with van der Waals surface area (Å²) in [6, 6.07) is 0. The van der Waals surface area contributed by atoms with Crippen molar-refractivity contribution in [2.24, 2.45) is 11.3 Å². The highest BCUT2D eigenvalue weighted by atomic mass is 16.2. The smallest absolute Gasteiger partial charge is 0.148 e. The summed E-state index contributed by atoms with van der Waals surface area (Å²) >= 11 is 0. The summed E-state index contributed by atoms with van der Waals surface area (Å²) in [5.41, 5.74) is -0.399. The molecule has 70 valence electrons. The highest BCUT2D eigenvalue weighted by molar-refractivity contribution is 6.03. The Morgan fingerprint density at radius 2 is 1.67 bits per heavy atom. The van der Waals surface area contributed by atoms with Crippen LogP contribution >= 0.6 is 0 Å². The molecule has 0 fully saturated rings. The van der Waals surface area contributed by atoms with Gasteiger partial charge in [-0.2, -0.15) is 0 Å². The molecule has 0 radical (unpaired) electrons. The molecule has 0 aromatic heterocycles. The third-order valence-corrected chi connectivity index (χ3v) is 1.96. The third kappa shape index (κ3) is 2.76. The van der Waals surface area contributed by atoms with Crippen molar-refractivity contribution in [3.63, 3.8) is 0 Å². The zero-order chi connectivity index (χ0) is 9.94. The van der Waals surface area contributed by atoms with Gasteiger partial charge in [0.05, 0.1) is 5.92 Å². The molecule has 0 heterocycles. The van der Waals surface area contributed by atoms with Gasteiger partial charge in [0.1, 0.15) is 11.6 Å². The van der Waals surface area contributed by atoms with E-state index in [0.29, 0.717) is 6.42 Å². The highest BCUT2D eigenvalue weighted by Crippen LogP contribution is 2.20. The summed E-state index contributed by atoms with van der Waals surface area (Å²) in [4.78, 5) is 22.7. The van der Waals surface area contributed by atoms with Gasteiger partial charge < -0.3 is 0 Å². The van der Waals surface area contributed by atoms with Gasteiger partial charge in [0.25, 0.3) is 0 Å². The zero-order valence-electron chi connectivity index (χ0n) is 8.60. The van der Waals surface area contributed by atoms with Gasteiger partial charge in [-0.1, -0.05) is 27.7 Å². The van der Waals surface area contributed by atoms with Crippen molar-refractivity contribution in [1.29, 1.82) is 0 Å². The van der Waals surface area contributed by atoms with Crippen LogP contribution in [0, 0.1) is 11.3 Å². The van der Waals surface area contributed by atoms with E-state index in [2.05, 4.69) is 0 Å². The minimum atomic E-state index is -0.435. The largest absolute Gasteiger partial charge is 0.299 e. The number of rotatable bonds is 3. The Bertz CT molecular complexity index is 187. The summed E-state index contributed by atoms with van der Waals surface area (Å²) in [6.07, 6.45) is 0.447. The van der Waals surface area contributed by atoms with Crippen LogP contribution in [0.15, 0.2) is 0 Å². The molecular weight excluding hydrogens is 152 g/mol. The van der Waals surface area contributed by atoms with Gasteiger partial charge in [0.15, 0.2) is 0 Å². The molecule has 0 aliphatic carbocycles. The molecule has 0 aromatic carbocycles. The topological polar surface area (TPSA) is 34.1 Å². The van der Waals surface area contributed by atoms with E-state index in [1.807, 2.05) is 20.8 Å². The molecule has 2 heteroatoms. The second-order valence-corrected chi connectivity index (χ2v) is 4.16. The molecule has 0 N–H and O–H groups in total. The summed E-state index contributed by atoms with van der Waals surface area (Å²) in [7, 11) is 0. The van der Waals surface area contributed by atoms with Crippen molar-refractivity contribution in [3.8, 4) is 0 Å². The lowest BCUT2D eigenvalue weighted by molar-refractivity contribution is -0.136. The van der Waals surface area contributed by atoms with E-state index in [1.54, 1.807) is 13.8 Å². The molecule has 0 aliphatic heterocycles. The van der Waals surface area contributed by atoms with Crippen molar-refractivity contribution in [2.75, 3.05) is 0 Å². The van der Waals surface area contributed by atoms with Gasteiger partial charge in [-0.15, -0.1) is 0 Å². The standard InChI is InChI=1S/C10H18O2/c1-6-8(11)7(2)9(12)10(3,4)5/h7H,6H2,1-5H3. The van der Waals surface area contributed by atoms with E-state index in [-0.39, 0.29) is 11.6 Å². The molecule has 0 spiro atoms. The summed E-state index contributed by atoms with van der Waals surface area (Å²) in [6.45, 7) is 9.01. The molecule has 1 atom stereocenters. The number of hydrogen-bond acceptors (Lipinski definition) is 2. The molecule has 0 aromatic rings. The van der Waals surface area contributed by atoms with E-state index < -0.39 is 11.3 Å². The first-order valence-corrected chi connectivity index (χ1v) is 4.37. The number of hydrogen-bond donors (Lipinski definition) is 0. The first-order valence-electron chi connectivity index (χ1n) is 4.37. The maximum atomic E-state index is 11.5.